The SMILES string of the molecule is CC1CCN(C(C)CNS(=O)(=O)Cc2ccccc2Cl)CC1. The van der Waals surface area contributed by atoms with Crippen molar-refractivity contribution < 1.29 is 8.42 Å². The largest absolute Gasteiger partial charge is 0.299 e. The molecule has 0 radical (unpaired) electrons. The Kier molecular flexibility index (Phi) is 6.26. The summed E-state index contributed by atoms with van der Waals surface area (Å²) in [7, 11) is -3.36. The summed E-state index contributed by atoms with van der Waals surface area (Å²) >= 11 is 6.03. The minimum Gasteiger partial charge on any atom is -0.299 e. The van der Waals surface area contributed by atoms with E-state index in [0.29, 0.717) is 17.1 Å². The van der Waals surface area contributed by atoms with Crippen molar-refractivity contribution in [3.8, 4) is 0 Å². The molecule has 1 fully saturated rings. The molecule has 0 saturated carbocycles. The highest BCUT2D eigenvalue weighted by Gasteiger charge is 2.22. The molecule has 1 aliphatic heterocycles. The van der Waals surface area contributed by atoms with Gasteiger partial charge in [0.25, 0.3) is 0 Å². The van der Waals surface area contributed by atoms with Crippen molar-refractivity contribution in [2.45, 2.75) is 38.5 Å². The summed E-state index contributed by atoms with van der Waals surface area (Å²) in [4.78, 5) is 2.36. The average Bonchev–Trinajstić information content (AvgIpc) is 2.48. The molecule has 4 nitrogen and oxygen atoms in total. The Labute approximate surface area is 138 Å². The van der Waals surface area contributed by atoms with Crippen LogP contribution in [0.2, 0.25) is 5.02 Å². The minimum atomic E-state index is -3.36. The molecule has 1 atom stereocenters. The van der Waals surface area contributed by atoms with Crippen LogP contribution in [0.4, 0.5) is 0 Å². The molecule has 1 N–H and O–H groups in total. The van der Waals surface area contributed by atoms with E-state index in [0.717, 1.165) is 19.0 Å². The molecule has 1 unspecified atom stereocenters. The van der Waals surface area contributed by atoms with E-state index in [1.165, 1.54) is 12.8 Å². The predicted molar refractivity (Wildman–Crippen MR) is 91.5 cm³/mol. The number of likely N-dealkylation sites (tertiary alicyclic amines) is 1. The van der Waals surface area contributed by atoms with Gasteiger partial charge in [-0.05, 0) is 50.4 Å². The molecule has 1 saturated heterocycles. The molecular formula is C16H25ClN2O2S. The molecular weight excluding hydrogens is 320 g/mol. The highest BCUT2D eigenvalue weighted by atomic mass is 35.5. The summed E-state index contributed by atoms with van der Waals surface area (Å²) in [6.45, 7) is 6.90. The molecule has 1 aromatic carbocycles. The first kappa shape index (κ1) is 17.7. The van der Waals surface area contributed by atoms with Crippen LogP contribution in [0.5, 0.6) is 0 Å². The van der Waals surface area contributed by atoms with Crippen molar-refractivity contribution in [2.24, 2.45) is 5.92 Å². The van der Waals surface area contributed by atoms with Crippen LogP contribution in [-0.4, -0.2) is 39.0 Å². The number of benzene rings is 1. The Morgan fingerprint density at radius 1 is 1.32 bits per heavy atom. The standard InChI is InChI=1S/C16H25ClN2O2S/c1-13-7-9-19(10-8-13)14(2)11-18-22(20,21)12-15-5-3-4-6-16(15)17/h3-6,13-14,18H,7-12H2,1-2H3. The molecule has 2 rings (SSSR count). The molecule has 1 heterocycles. The summed E-state index contributed by atoms with van der Waals surface area (Å²) in [6, 6.07) is 7.27. The van der Waals surface area contributed by atoms with Gasteiger partial charge in [0.15, 0.2) is 0 Å². The monoisotopic (exact) mass is 344 g/mol. The van der Waals surface area contributed by atoms with Crippen LogP contribution in [0.15, 0.2) is 24.3 Å². The molecule has 0 amide bonds. The maximum atomic E-state index is 12.2. The fraction of sp³-hybridized carbons (Fsp3) is 0.625. The van der Waals surface area contributed by atoms with Crippen LogP contribution in [0.3, 0.4) is 0 Å². The lowest BCUT2D eigenvalue weighted by Crippen LogP contribution is -2.45. The Hall–Kier alpha value is -0.620. The summed E-state index contributed by atoms with van der Waals surface area (Å²) in [5, 5.41) is 0.492. The van der Waals surface area contributed by atoms with Crippen LogP contribution in [0.25, 0.3) is 0 Å². The fourth-order valence-electron chi connectivity index (χ4n) is 2.72. The molecule has 124 valence electrons. The molecule has 0 aromatic heterocycles. The highest BCUT2D eigenvalue weighted by molar-refractivity contribution is 7.88. The van der Waals surface area contributed by atoms with Gasteiger partial charge in [-0.15, -0.1) is 0 Å². The van der Waals surface area contributed by atoms with Crippen molar-refractivity contribution in [1.29, 1.82) is 0 Å². The Bertz CT molecular complexity index is 584. The molecule has 6 heteroatoms. The number of sulfonamides is 1. The third-order valence-corrected chi connectivity index (χ3v) is 6.01. The minimum absolute atomic E-state index is 0.0730. The smallest absolute Gasteiger partial charge is 0.215 e. The maximum absolute atomic E-state index is 12.2. The molecule has 1 aromatic rings. The van der Waals surface area contributed by atoms with E-state index in [2.05, 4.69) is 23.5 Å². The maximum Gasteiger partial charge on any atom is 0.215 e. The number of rotatable bonds is 6. The van der Waals surface area contributed by atoms with Crippen molar-refractivity contribution in [1.82, 2.24) is 9.62 Å². The average molecular weight is 345 g/mol. The molecule has 1 aliphatic rings. The predicted octanol–water partition coefficient (Wildman–Crippen LogP) is 2.88. The third kappa shape index (κ3) is 5.23. The van der Waals surface area contributed by atoms with Crippen molar-refractivity contribution in [3.63, 3.8) is 0 Å². The highest BCUT2D eigenvalue weighted by Crippen LogP contribution is 2.19. The second kappa shape index (κ2) is 7.77. The molecule has 0 spiro atoms. The van der Waals surface area contributed by atoms with Gasteiger partial charge in [0.2, 0.25) is 10.0 Å². The van der Waals surface area contributed by atoms with Gasteiger partial charge in [-0.2, -0.15) is 0 Å². The molecule has 0 aliphatic carbocycles. The van der Waals surface area contributed by atoms with Gasteiger partial charge in [-0.1, -0.05) is 36.7 Å². The number of hydrogen-bond acceptors (Lipinski definition) is 3. The number of piperidine rings is 1. The van der Waals surface area contributed by atoms with Gasteiger partial charge in [0, 0.05) is 17.6 Å². The summed E-state index contributed by atoms with van der Waals surface area (Å²) < 4.78 is 27.1. The van der Waals surface area contributed by atoms with E-state index >= 15 is 0 Å². The number of nitrogens with one attached hydrogen (secondary N) is 1. The van der Waals surface area contributed by atoms with Crippen molar-refractivity contribution >= 4 is 21.6 Å². The normalized spacial score (nSPS) is 19.2. The second-order valence-electron chi connectivity index (χ2n) is 6.27. The van der Waals surface area contributed by atoms with Crippen LogP contribution in [-0.2, 0) is 15.8 Å². The second-order valence-corrected chi connectivity index (χ2v) is 8.48. The first-order chi connectivity index (χ1) is 10.4. The quantitative estimate of drug-likeness (QED) is 0.863. The topological polar surface area (TPSA) is 49.4 Å². The van der Waals surface area contributed by atoms with E-state index in [4.69, 9.17) is 11.6 Å². The first-order valence-electron chi connectivity index (χ1n) is 7.82. The number of hydrogen-bond donors (Lipinski definition) is 1. The van der Waals surface area contributed by atoms with Gasteiger partial charge >= 0.3 is 0 Å². The van der Waals surface area contributed by atoms with Crippen LogP contribution >= 0.6 is 11.6 Å². The Balaban J connectivity index is 1.86. The number of nitrogens with zero attached hydrogens (tertiary/aromatic N) is 1. The van der Waals surface area contributed by atoms with Gasteiger partial charge in [-0.25, -0.2) is 13.1 Å². The van der Waals surface area contributed by atoms with E-state index in [1.807, 2.05) is 0 Å². The zero-order valence-corrected chi connectivity index (χ0v) is 14.8. The third-order valence-electron chi connectivity index (χ3n) is 4.34. The van der Waals surface area contributed by atoms with Gasteiger partial charge in [0.1, 0.15) is 0 Å². The summed E-state index contributed by atoms with van der Waals surface area (Å²) in [6.07, 6.45) is 2.38. The lowest BCUT2D eigenvalue weighted by atomic mass is 9.98. The van der Waals surface area contributed by atoms with Crippen LogP contribution in [0.1, 0.15) is 32.3 Å². The fourth-order valence-corrected chi connectivity index (χ4v) is 4.26. The van der Waals surface area contributed by atoms with Crippen LogP contribution in [0, 0.1) is 5.92 Å². The summed E-state index contributed by atoms with van der Waals surface area (Å²) in [5.74, 6) is 0.705. The Morgan fingerprint density at radius 3 is 2.59 bits per heavy atom. The summed E-state index contributed by atoms with van der Waals surface area (Å²) in [5.41, 5.74) is 0.635. The first-order valence-corrected chi connectivity index (χ1v) is 9.85. The van der Waals surface area contributed by atoms with E-state index < -0.39 is 10.0 Å². The van der Waals surface area contributed by atoms with Crippen LogP contribution < -0.4 is 4.72 Å². The van der Waals surface area contributed by atoms with Gasteiger partial charge in [0.05, 0.1) is 5.75 Å². The van der Waals surface area contributed by atoms with Crippen molar-refractivity contribution in [2.75, 3.05) is 19.6 Å². The van der Waals surface area contributed by atoms with E-state index in [-0.39, 0.29) is 11.8 Å². The van der Waals surface area contributed by atoms with Gasteiger partial charge < -0.3 is 0 Å². The van der Waals surface area contributed by atoms with Crippen molar-refractivity contribution in [3.05, 3.63) is 34.9 Å². The van der Waals surface area contributed by atoms with Gasteiger partial charge in [-0.3, -0.25) is 4.90 Å². The lowest BCUT2D eigenvalue weighted by molar-refractivity contribution is 0.148. The zero-order chi connectivity index (χ0) is 16.2. The zero-order valence-electron chi connectivity index (χ0n) is 13.3. The number of halogens is 1. The molecule has 22 heavy (non-hydrogen) atoms. The van der Waals surface area contributed by atoms with E-state index in [1.54, 1.807) is 24.3 Å². The lowest BCUT2D eigenvalue weighted by Gasteiger charge is -2.34. The molecule has 0 bridgehead atoms. The van der Waals surface area contributed by atoms with E-state index in [9.17, 15) is 8.42 Å². The Morgan fingerprint density at radius 2 is 1.95 bits per heavy atom.